The molecular weight excluding hydrogens is 460 g/mol. The van der Waals surface area contributed by atoms with Crippen LogP contribution in [0.4, 0.5) is 22.7 Å². The van der Waals surface area contributed by atoms with Crippen LogP contribution in [0.3, 0.4) is 0 Å². The zero-order chi connectivity index (χ0) is 26.5. The number of aryl methyl sites for hydroxylation is 1. The van der Waals surface area contributed by atoms with Gasteiger partial charge in [-0.15, -0.1) is 6.58 Å². The highest BCUT2D eigenvalue weighted by Gasteiger charge is 2.61. The fourth-order valence-corrected chi connectivity index (χ4v) is 7.57. The van der Waals surface area contributed by atoms with Crippen molar-refractivity contribution in [2.75, 3.05) is 9.80 Å². The molecular formula is C36H38N2. The van der Waals surface area contributed by atoms with Crippen LogP contribution in [0, 0.1) is 12.3 Å². The summed E-state index contributed by atoms with van der Waals surface area (Å²) in [5, 5.41) is 0. The van der Waals surface area contributed by atoms with Crippen LogP contribution in [0.25, 0.3) is 11.1 Å². The minimum Gasteiger partial charge on any atom is -0.317 e. The van der Waals surface area contributed by atoms with Gasteiger partial charge in [-0.3, -0.25) is 0 Å². The molecule has 6 rings (SSSR count). The molecule has 0 amide bonds. The van der Waals surface area contributed by atoms with Gasteiger partial charge in [0.25, 0.3) is 0 Å². The van der Waals surface area contributed by atoms with E-state index in [0.717, 1.165) is 19.3 Å². The van der Waals surface area contributed by atoms with Crippen LogP contribution in [0.5, 0.6) is 0 Å². The summed E-state index contributed by atoms with van der Waals surface area (Å²) >= 11 is 0. The molecule has 0 saturated heterocycles. The maximum Gasteiger partial charge on any atom is 0.117 e. The summed E-state index contributed by atoms with van der Waals surface area (Å²) in [4.78, 5) is 5.28. The molecule has 3 atom stereocenters. The van der Waals surface area contributed by atoms with Gasteiger partial charge in [0.1, 0.15) is 6.17 Å². The number of anilines is 4. The monoisotopic (exact) mass is 498 g/mol. The molecule has 2 heterocycles. The minimum atomic E-state index is -0.0339. The summed E-state index contributed by atoms with van der Waals surface area (Å²) < 4.78 is 0. The van der Waals surface area contributed by atoms with E-state index in [1.807, 2.05) is 0 Å². The van der Waals surface area contributed by atoms with Gasteiger partial charge in [-0.1, -0.05) is 93.6 Å². The van der Waals surface area contributed by atoms with Gasteiger partial charge in [0, 0.05) is 22.2 Å². The average Bonchev–Trinajstić information content (AvgIpc) is 3.31. The smallest absolute Gasteiger partial charge is 0.117 e. The summed E-state index contributed by atoms with van der Waals surface area (Å²) in [6, 6.07) is 35.8. The summed E-state index contributed by atoms with van der Waals surface area (Å²) in [6.45, 7) is 13.8. The lowest BCUT2D eigenvalue weighted by molar-refractivity contribution is 0.0832. The van der Waals surface area contributed by atoms with Crippen LogP contribution in [-0.2, 0) is 5.41 Å². The fraction of sp³-hybridized carbons (Fsp3) is 0.278. The fourth-order valence-electron chi connectivity index (χ4n) is 7.57. The number of hydrogen-bond acceptors (Lipinski definition) is 2. The van der Waals surface area contributed by atoms with E-state index < -0.39 is 0 Å². The Morgan fingerprint density at radius 1 is 0.711 bits per heavy atom. The first-order chi connectivity index (χ1) is 18.5. The van der Waals surface area contributed by atoms with Crippen LogP contribution in [0.15, 0.2) is 110 Å². The predicted octanol–water partition coefficient (Wildman–Crippen LogP) is 9.93. The van der Waals surface area contributed by atoms with Gasteiger partial charge in [0.2, 0.25) is 0 Å². The molecule has 0 N–H and O–H groups in total. The van der Waals surface area contributed by atoms with Crippen LogP contribution in [0.2, 0.25) is 0 Å². The molecule has 0 bridgehead atoms. The largest absolute Gasteiger partial charge is 0.317 e. The van der Waals surface area contributed by atoms with Crippen molar-refractivity contribution in [3.8, 4) is 11.1 Å². The standard InChI is InChI=1S/C36H38N2/c1-6-24-36(8-3)29-18-12-13-19-31(29)38-33-21-15-14-20-32(33)37(34(38)35(36,5)7-2)30-23-22-28(25-26(30)4)27-16-10-9-11-17-27/h6,9-23,25,34H,1,7-8,24H2,2-5H3. The van der Waals surface area contributed by atoms with E-state index >= 15 is 0 Å². The highest BCUT2D eigenvalue weighted by molar-refractivity contribution is 5.92. The molecule has 0 saturated carbocycles. The number of allylic oxidation sites excluding steroid dienone is 1. The van der Waals surface area contributed by atoms with Crippen molar-refractivity contribution in [1.29, 1.82) is 0 Å². The second kappa shape index (κ2) is 9.20. The third-order valence-corrected chi connectivity index (χ3v) is 9.63. The molecule has 2 nitrogen and oxygen atoms in total. The molecule has 0 radical (unpaired) electrons. The maximum atomic E-state index is 4.25. The van der Waals surface area contributed by atoms with E-state index in [9.17, 15) is 0 Å². The molecule has 0 aromatic heterocycles. The van der Waals surface area contributed by atoms with Gasteiger partial charge in [0.15, 0.2) is 0 Å². The zero-order valence-corrected chi connectivity index (χ0v) is 23.1. The SMILES string of the molecule is C=CCC1(CC)c2ccccc2N2c3ccccc3N(c3ccc(-c4ccccc4)cc3C)C2C1(C)CC. The van der Waals surface area contributed by atoms with Crippen LogP contribution in [-0.4, -0.2) is 6.17 Å². The lowest BCUT2D eigenvalue weighted by atomic mass is 9.52. The molecule has 38 heavy (non-hydrogen) atoms. The van der Waals surface area contributed by atoms with E-state index in [1.165, 1.54) is 45.0 Å². The highest BCUT2D eigenvalue weighted by atomic mass is 15.4. The van der Waals surface area contributed by atoms with Crippen molar-refractivity contribution in [1.82, 2.24) is 0 Å². The Labute approximate surface area is 228 Å². The van der Waals surface area contributed by atoms with Crippen LogP contribution in [0.1, 0.15) is 51.2 Å². The van der Waals surface area contributed by atoms with Crippen molar-refractivity contribution in [3.05, 3.63) is 121 Å². The molecule has 4 aromatic rings. The Bertz CT molecular complexity index is 1490. The van der Waals surface area contributed by atoms with Crippen molar-refractivity contribution < 1.29 is 0 Å². The summed E-state index contributed by atoms with van der Waals surface area (Å²) in [6.07, 6.45) is 5.40. The number of fused-ring (bicyclic) bond motifs is 5. The van der Waals surface area contributed by atoms with Gasteiger partial charge in [-0.05, 0) is 78.8 Å². The van der Waals surface area contributed by atoms with E-state index in [1.54, 1.807) is 0 Å². The van der Waals surface area contributed by atoms with Gasteiger partial charge in [0.05, 0.1) is 11.4 Å². The molecule has 4 aromatic carbocycles. The Morgan fingerprint density at radius 3 is 1.92 bits per heavy atom. The van der Waals surface area contributed by atoms with Gasteiger partial charge >= 0.3 is 0 Å². The molecule has 3 unspecified atom stereocenters. The third kappa shape index (κ3) is 3.26. The average molecular weight is 499 g/mol. The van der Waals surface area contributed by atoms with Crippen molar-refractivity contribution in [3.63, 3.8) is 0 Å². The predicted molar refractivity (Wildman–Crippen MR) is 163 cm³/mol. The zero-order valence-electron chi connectivity index (χ0n) is 23.1. The van der Waals surface area contributed by atoms with E-state index in [-0.39, 0.29) is 17.0 Å². The first kappa shape index (κ1) is 24.6. The second-order valence-electron chi connectivity index (χ2n) is 11.2. The van der Waals surface area contributed by atoms with Crippen molar-refractivity contribution in [2.45, 2.75) is 58.5 Å². The second-order valence-corrected chi connectivity index (χ2v) is 11.2. The Kier molecular flexibility index (Phi) is 5.94. The molecule has 192 valence electrons. The molecule has 0 fully saturated rings. The Hall–Kier alpha value is -3.78. The quantitative estimate of drug-likeness (QED) is 0.244. The van der Waals surface area contributed by atoms with Crippen molar-refractivity contribution in [2.24, 2.45) is 5.41 Å². The number of rotatable bonds is 6. The van der Waals surface area contributed by atoms with Crippen LogP contribution >= 0.6 is 0 Å². The van der Waals surface area contributed by atoms with Gasteiger partial charge in [-0.25, -0.2) is 0 Å². The normalized spacial score (nSPS) is 23.5. The Morgan fingerprint density at radius 2 is 1.32 bits per heavy atom. The third-order valence-electron chi connectivity index (χ3n) is 9.63. The first-order valence-corrected chi connectivity index (χ1v) is 14.0. The lowest BCUT2D eigenvalue weighted by Crippen LogP contribution is -2.63. The molecule has 0 spiro atoms. The van der Waals surface area contributed by atoms with E-state index in [2.05, 4.69) is 147 Å². The minimum absolute atomic E-state index is 0.0144. The van der Waals surface area contributed by atoms with Gasteiger partial charge in [-0.2, -0.15) is 0 Å². The number of para-hydroxylation sites is 3. The molecule has 2 heteroatoms. The first-order valence-electron chi connectivity index (χ1n) is 14.0. The highest BCUT2D eigenvalue weighted by Crippen LogP contribution is 2.65. The molecule has 2 aliphatic heterocycles. The van der Waals surface area contributed by atoms with Gasteiger partial charge < -0.3 is 9.80 Å². The number of nitrogens with zero attached hydrogens (tertiary/aromatic N) is 2. The lowest BCUT2D eigenvalue weighted by Gasteiger charge is -2.60. The van der Waals surface area contributed by atoms with E-state index in [4.69, 9.17) is 0 Å². The van der Waals surface area contributed by atoms with Crippen molar-refractivity contribution >= 4 is 22.7 Å². The summed E-state index contributed by atoms with van der Waals surface area (Å²) in [5.74, 6) is 0. The molecule has 0 aliphatic carbocycles. The van der Waals surface area contributed by atoms with Crippen LogP contribution < -0.4 is 9.80 Å². The Balaban J connectivity index is 1.61. The number of benzene rings is 4. The summed E-state index contributed by atoms with van der Waals surface area (Å²) in [7, 11) is 0. The maximum absolute atomic E-state index is 4.25. The number of hydrogen-bond donors (Lipinski definition) is 0. The molecule has 2 aliphatic rings. The topological polar surface area (TPSA) is 6.48 Å². The summed E-state index contributed by atoms with van der Waals surface area (Å²) in [5.41, 5.74) is 10.4. The van der Waals surface area contributed by atoms with E-state index in [0.29, 0.717) is 0 Å².